The van der Waals surface area contributed by atoms with E-state index in [-0.39, 0.29) is 0 Å². The summed E-state index contributed by atoms with van der Waals surface area (Å²) in [6, 6.07) is 3.04. The van der Waals surface area contributed by atoms with Gasteiger partial charge in [0.1, 0.15) is 5.75 Å². The van der Waals surface area contributed by atoms with E-state index >= 15 is 0 Å². The highest BCUT2D eigenvalue weighted by Crippen LogP contribution is 2.18. The minimum atomic E-state index is -1.83. The molecule has 0 fully saturated rings. The van der Waals surface area contributed by atoms with Gasteiger partial charge in [-0.3, -0.25) is 0 Å². The van der Waals surface area contributed by atoms with Crippen molar-refractivity contribution >= 4 is 7.32 Å². The van der Waals surface area contributed by atoms with Crippen molar-refractivity contribution in [3.63, 3.8) is 0 Å². The zero-order chi connectivity index (χ0) is 9.84. The van der Waals surface area contributed by atoms with Crippen molar-refractivity contribution in [2.75, 3.05) is 7.11 Å². The van der Waals surface area contributed by atoms with Gasteiger partial charge >= 0.3 is 7.32 Å². The summed E-state index contributed by atoms with van der Waals surface area (Å²) in [4.78, 5) is 3.99. The third kappa shape index (κ3) is 2.92. The molecule has 0 bridgehead atoms. The van der Waals surface area contributed by atoms with Crippen molar-refractivity contribution in [1.29, 1.82) is 0 Å². The average molecular weight is 183 g/mol. The number of rotatable bonds is 3. The lowest BCUT2D eigenvalue weighted by Crippen LogP contribution is -2.20. The fourth-order valence-electron chi connectivity index (χ4n) is 0.902. The predicted octanol–water partition coefficient (Wildman–Crippen LogP) is -0.253. The molecule has 6 heteroatoms. The molecule has 0 radical (unpaired) electrons. The van der Waals surface area contributed by atoms with Gasteiger partial charge in [0.25, 0.3) is 0 Å². The molecular formula is C7H10BNO4. The van der Waals surface area contributed by atoms with Gasteiger partial charge in [-0.25, -0.2) is 4.98 Å². The Labute approximate surface area is 76.1 Å². The summed E-state index contributed by atoms with van der Waals surface area (Å²) >= 11 is 0. The van der Waals surface area contributed by atoms with Gasteiger partial charge < -0.3 is 19.4 Å². The van der Waals surface area contributed by atoms with Crippen molar-refractivity contribution in [2.45, 2.75) is 6.92 Å². The van der Waals surface area contributed by atoms with E-state index in [0.29, 0.717) is 17.3 Å². The first-order valence-electron chi connectivity index (χ1n) is 3.67. The third-order valence-electron chi connectivity index (χ3n) is 1.35. The quantitative estimate of drug-likeness (QED) is 0.632. The van der Waals surface area contributed by atoms with Gasteiger partial charge in [0, 0.05) is 11.8 Å². The minimum absolute atomic E-state index is 0.305. The van der Waals surface area contributed by atoms with Gasteiger partial charge in [-0.05, 0) is 13.0 Å². The van der Waals surface area contributed by atoms with Gasteiger partial charge in [-0.1, -0.05) is 0 Å². The maximum absolute atomic E-state index is 8.53. The molecule has 13 heavy (non-hydrogen) atoms. The Morgan fingerprint density at radius 2 is 2.08 bits per heavy atom. The van der Waals surface area contributed by atoms with E-state index in [1.54, 1.807) is 13.0 Å². The van der Waals surface area contributed by atoms with E-state index in [2.05, 4.69) is 9.64 Å². The van der Waals surface area contributed by atoms with E-state index in [0.717, 1.165) is 0 Å². The number of pyridine rings is 1. The monoisotopic (exact) mass is 183 g/mol. The van der Waals surface area contributed by atoms with Crippen LogP contribution in [0.5, 0.6) is 11.6 Å². The van der Waals surface area contributed by atoms with Crippen LogP contribution in [0.3, 0.4) is 0 Å². The second kappa shape index (κ2) is 4.11. The van der Waals surface area contributed by atoms with Crippen molar-refractivity contribution < 1.29 is 19.4 Å². The maximum Gasteiger partial charge on any atom is 0.707 e. The normalized spacial score (nSPS) is 9.54. The number of methoxy groups -OCH3 is 1. The van der Waals surface area contributed by atoms with Crippen LogP contribution in [0.1, 0.15) is 5.69 Å². The molecule has 0 saturated heterocycles. The lowest BCUT2D eigenvalue weighted by molar-refractivity contribution is 0.287. The molecule has 0 aliphatic carbocycles. The number of hydrogen-bond donors (Lipinski definition) is 2. The van der Waals surface area contributed by atoms with Crippen LogP contribution in [-0.2, 0) is 0 Å². The maximum atomic E-state index is 8.53. The zero-order valence-electron chi connectivity index (χ0n) is 7.39. The molecular weight excluding hydrogens is 173 g/mol. The molecule has 0 aliphatic rings. The van der Waals surface area contributed by atoms with Crippen molar-refractivity contribution in [3.8, 4) is 11.6 Å². The molecule has 1 aromatic heterocycles. The van der Waals surface area contributed by atoms with Crippen molar-refractivity contribution in [2.24, 2.45) is 0 Å². The van der Waals surface area contributed by atoms with E-state index in [9.17, 15) is 0 Å². The summed E-state index contributed by atoms with van der Waals surface area (Å²) in [5.41, 5.74) is 0.676. The first-order valence-corrected chi connectivity index (χ1v) is 3.67. The highest BCUT2D eigenvalue weighted by Gasteiger charge is 2.12. The van der Waals surface area contributed by atoms with Crippen LogP contribution in [-0.4, -0.2) is 29.5 Å². The lowest BCUT2D eigenvalue weighted by atomic mass is 10.2. The molecule has 2 N–H and O–H groups in total. The van der Waals surface area contributed by atoms with Crippen LogP contribution in [0.2, 0.25) is 0 Å². The Morgan fingerprint density at radius 3 is 2.62 bits per heavy atom. The Kier molecular flexibility index (Phi) is 3.10. The summed E-state index contributed by atoms with van der Waals surface area (Å²) in [5.74, 6) is 0.676. The molecule has 0 aromatic carbocycles. The number of ether oxygens (including phenoxy) is 1. The van der Waals surface area contributed by atoms with Gasteiger partial charge in [0.2, 0.25) is 5.88 Å². The predicted molar refractivity (Wildman–Crippen MR) is 46.3 cm³/mol. The molecule has 0 spiro atoms. The smallest absolute Gasteiger partial charge is 0.512 e. The number of hydrogen-bond acceptors (Lipinski definition) is 5. The third-order valence-corrected chi connectivity index (χ3v) is 1.35. The average Bonchev–Trinajstić information content (AvgIpc) is 2.01. The first kappa shape index (κ1) is 9.82. The standard InChI is InChI=1S/C7H10BNO4/c1-5-3-6(13-8(10)11)4-7(9-5)12-2/h3-4,10-11H,1-2H3. The highest BCUT2D eigenvalue weighted by atomic mass is 16.6. The molecule has 1 heterocycles. The zero-order valence-corrected chi connectivity index (χ0v) is 7.39. The molecule has 0 amide bonds. The highest BCUT2D eigenvalue weighted by molar-refractivity contribution is 6.33. The van der Waals surface area contributed by atoms with Crippen LogP contribution in [0.15, 0.2) is 12.1 Å². The fourth-order valence-corrected chi connectivity index (χ4v) is 0.902. The van der Waals surface area contributed by atoms with E-state index in [1.165, 1.54) is 13.2 Å². The van der Waals surface area contributed by atoms with Crippen molar-refractivity contribution in [3.05, 3.63) is 17.8 Å². The Hall–Kier alpha value is -1.27. The van der Waals surface area contributed by atoms with Gasteiger partial charge in [-0.15, -0.1) is 0 Å². The van der Waals surface area contributed by atoms with E-state index < -0.39 is 7.32 Å². The van der Waals surface area contributed by atoms with E-state index in [1.807, 2.05) is 0 Å². The molecule has 0 saturated carbocycles. The summed E-state index contributed by atoms with van der Waals surface area (Å²) < 4.78 is 9.49. The van der Waals surface area contributed by atoms with Gasteiger partial charge in [0.15, 0.2) is 0 Å². The fraction of sp³-hybridized carbons (Fsp3) is 0.286. The Balaban J connectivity index is 2.88. The molecule has 5 nitrogen and oxygen atoms in total. The number of nitrogens with zero attached hydrogens (tertiary/aromatic N) is 1. The largest absolute Gasteiger partial charge is 0.707 e. The van der Waals surface area contributed by atoms with Crippen LogP contribution in [0, 0.1) is 6.92 Å². The molecule has 1 rings (SSSR count). The second-order valence-electron chi connectivity index (χ2n) is 2.43. The van der Waals surface area contributed by atoms with Gasteiger partial charge in [0.05, 0.1) is 7.11 Å². The molecule has 0 aliphatic heterocycles. The SMILES string of the molecule is COc1cc(OB(O)O)cc(C)n1. The summed E-state index contributed by atoms with van der Waals surface area (Å²) in [6.07, 6.45) is 0. The molecule has 1 aromatic rings. The molecule has 0 atom stereocenters. The lowest BCUT2D eigenvalue weighted by Gasteiger charge is -2.06. The summed E-state index contributed by atoms with van der Waals surface area (Å²) in [5, 5.41) is 17.1. The number of aromatic nitrogens is 1. The second-order valence-corrected chi connectivity index (χ2v) is 2.43. The van der Waals surface area contributed by atoms with E-state index in [4.69, 9.17) is 14.8 Å². The minimum Gasteiger partial charge on any atom is -0.512 e. The van der Waals surface area contributed by atoms with Crippen LogP contribution in [0.25, 0.3) is 0 Å². The van der Waals surface area contributed by atoms with Crippen LogP contribution >= 0.6 is 0 Å². The summed E-state index contributed by atoms with van der Waals surface area (Å²) in [7, 11) is -0.354. The Morgan fingerprint density at radius 1 is 1.38 bits per heavy atom. The summed E-state index contributed by atoms with van der Waals surface area (Å²) in [6.45, 7) is 1.75. The molecule has 0 unspecified atom stereocenters. The van der Waals surface area contributed by atoms with Crippen LogP contribution in [0.4, 0.5) is 0 Å². The van der Waals surface area contributed by atoms with Crippen LogP contribution < -0.4 is 9.39 Å². The topological polar surface area (TPSA) is 71.8 Å². The number of aryl methyl sites for hydroxylation is 1. The Bertz CT molecular complexity index is 292. The first-order chi connectivity index (χ1) is 6.11. The molecule has 70 valence electrons. The van der Waals surface area contributed by atoms with Crippen molar-refractivity contribution in [1.82, 2.24) is 4.98 Å². The van der Waals surface area contributed by atoms with Gasteiger partial charge in [-0.2, -0.15) is 0 Å².